The average molecular weight is 286 g/mol. The molecule has 2 aromatic rings. The van der Waals surface area contributed by atoms with Gasteiger partial charge in [0.15, 0.2) is 0 Å². The van der Waals surface area contributed by atoms with E-state index in [0.29, 0.717) is 11.6 Å². The van der Waals surface area contributed by atoms with Gasteiger partial charge in [-0.3, -0.25) is 0 Å². The normalized spacial score (nSPS) is 10.0. The summed E-state index contributed by atoms with van der Waals surface area (Å²) >= 11 is 5.03. The van der Waals surface area contributed by atoms with Gasteiger partial charge in [-0.1, -0.05) is 42.5 Å². The van der Waals surface area contributed by atoms with Gasteiger partial charge in [-0.05, 0) is 30.7 Å². The summed E-state index contributed by atoms with van der Waals surface area (Å²) < 4.78 is 5.63. The quantitative estimate of drug-likeness (QED) is 0.606. The van der Waals surface area contributed by atoms with Gasteiger partial charge >= 0.3 is 0 Å². The monoisotopic (exact) mass is 286 g/mol. The van der Waals surface area contributed by atoms with Crippen molar-refractivity contribution in [3.63, 3.8) is 0 Å². The molecular weight excluding hydrogens is 268 g/mol. The van der Waals surface area contributed by atoms with E-state index in [-0.39, 0.29) is 0 Å². The summed E-state index contributed by atoms with van der Waals surface area (Å²) in [4.78, 5) is 0.411. The Morgan fingerprint density at radius 3 is 2.50 bits per heavy atom. The first-order valence-electron chi connectivity index (χ1n) is 6.58. The molecular formula is C16H18N2OS. The molecule has 0 aliphatic heterocycles. The Bertz CT molecular complexity index is 557. The summed E-state index contributed by atoms with van der Waals surface area (Å²) in [5.41, 5.74) is 7.54. The highest BCUT2D eigenvalue weighted by atomic mass is 32.1. The predicted molar refractivity (Wildman–Crippen MR) is 87.4 cm³/mol. The third kappa shape index (κ3) is 4.24. The summed E-state index contributed by atoms with van der Waals surface area (Å²) in [5.74, 6) is 0.899. The standard InChI is InChI=1S/C16H18N2OS/c17-16(20)14-9-4-5-10-15(14)18-11-6-12-19-13-7-2-1-3-8-13/h1-5,7-10,18H,6,11-12H2,(H2,17,20). The maximum Gasteiger partial charge on any atom is 0.119 e. The number of hydrogen-bond acceptors (Lipinski definition) is 3. The van der Waals surface area contributed by atoms with Crippen LogP contribution in [0.4, 0.5) is 5.69 Å². The van der Waals surface area contributed by atoms with Crippen LogP contribution in [0.2, 0.25) is 0 Å². The summed E-state index contributed by atoms with van der Waals surface area (Å²) in [6.07, 6.45) is 0.903. The van der Waals surface area contributed by atoms with Gasteiger partial charge in [0.05, 0.1) is 6.61 Å². The molecule has 0 aromatic heterocycles. The van der Waals surface area contributed by atoms with Crippen molar-refractivity contribution in [1.82, 2.24) is 0 Å². The molecule has 20 heavy (non-hydrogen) atoms. The van der Waals surface area contributed by atoms with Gasteiger partial charge in [0.25, 0.3) is 0 Å². The first-order chi connectivity index (χ1) is 9.77. The third-order valence-electron chi connectivity index (χ3n) is 2.84. The lowest BCUT2D eigenvalue weighted by Gasteiger charge is -2.11. The van der Waals surface area contributed by atoms with Crippen molar-refractivity contribution in [3.8, 4) is 5.75 Å². The van der Waals surface area contributed by atoms with Gasteiger partial charge in [-0.25, -0.2) is 0 Å². The van der Waals surface area contributed by atoms with Crippen LogP contribution in [0.1, 0.15) is 12.0 Å². The second-order valence-electron chi connectivity index (χ2n) is 4.35. The summed E-state index contributed by atoms with van der Waals surface area (Å²) in [5, 5.41) is 3.33. The van der Waals surface area contributed by atoms with E-state index in [1.54, 1.807) is 0 Å². The molecule has 0 heterocycles. The zero-order valence-corrected chi connectivity index (χ0v) is 12.0. The van der Waals surface area contributed by atoms with Gasteiger partial charge in [0.2, 0.25) is 0 Å². The molecule has 4 heteroatoms. The fraction of sp³-hybridized carbons (Fsp3) is 0.188. The Morgan fingerprint density at radius 1 is 1.05 bits per heavy atom. The number of hydrogen-bond donors (Lipinski definition) is 2. The van der Waals surface area contributed by atoms with Gasteiger partial charge in [0.1, 0.15) is 10.7 Å². The highest BCUT2D eigenvalue weighted by molar-refractivity contribution is 7.80. The molecule has 0 atom stereocenters. The number of thiocarbonyl (C=S) groups is 1. The van der Waals surface area contributed by atoms with Crippen molar-refractivity contribution in [2.24, 2.45) is 5.73 Å². The number of nitrogens with two attached hydrogens (primary N) is 1. The topological polar surface area (TPSA) is 47.3 Å². The average Bonchev–Trinajstić information content (AvgIpc) is 2.48. The second-order valence-corrected chi connectivity index (χ2v) is 4.79. The number of para-hydroxylation sites is 2. The molecule has 0 unspecified atom stereocenters. The first-order valence-corrected chi connectivity index (χ1v) is 6.99. The zero-order chi connectivity index (χ0) is 14.2. The first kappa shape index (κ1) is 14.3. The van der Waals surface area contributed by atoms with E-state index < -0.39 is 0 Å². The van der Waals surface area contributed by atoms with Crippen LogP contribution in [0.3, 0.4) is 0 Å². The Kier molecular flexibility index (Phi) is 5.38. The van der Waals surface area contributed by atoms with E-state index in [4.69, 9.17) is 22.7 Å². The number of ether oxygens (including phenoxy) is 1. The Balaban J connectivity index is 1.75. The molecule has 104 valence electrons. The van der Waals surface area contributed by atoms with Crippen LogP contribution in [0, 0.1) is 0 Å². The molecule has 0 amide bonds. The summed E-state index contributed by atoms with van der Waals surface area (Å²) in [7, 11) is 0. The maximum atomic E-state index is 5.69. The number of benzene rings is 2. The van der Waals surface area contributed by atoms with E-state index in [1.807, 2.05) is 54.6 Å². The SMILES string of the molecule is NC(=S)c1ccccc1NCCCOc1ccccc1. The Labute approximate surface area is 124 Å². The van der Waals surface area contributed by atoms with Crippen molar-refractivity contribution in [2.75, 3.05) is 18.5 Å². The summed E-state index contributed by atoms with van der Waals surface area (Å²) in [6, 6.07) is 17.6. The van der Waals surface area contributed by atoms with Gasteiger partial charge in [-0.2, -0.15) is 0 Å². The smallest absolute Gasteiger partial charge is 0.119 e. The summed E-state index contributed by atoms with van der Waals surface area (Å²) in [6.45, 7) is 1.48. The number of nitrogens with one attached hydrogen (secondary N) is 1. The molecule has 0 aliphatic carbocycles. The Hall–Kier alpha value is -2.07. The van der Waals surface area contributed by atoms with Gasteiger partial charge in [0, 0.05) is 17.8 Å². The molecule has 2 rings (SSSR count). The van der Waals surface area contributed by atoms with Crippen molar-refractivity contribution in [2.45, 2.75) is 6.42 Å². The zero-order valence-electron chi connectivity index (χ0n) is 11.2. The van der Waals surface area contributed by atoms with E-state index >= 15 is 0 Å². The van der Waals surface area contributed by atoms with Crippen molar-refractivity contribution >= 4 is 22.9 Å². The van der Waals surface area contributed by atoms with Crippen molar-refractivity contribution < 1.29 is 4.74 Å². The molecule has 0 bridgehead atoms. The lowest BCUT2D eigenvalue weighted by Crippen LogP contribution is -2.14. The second kappa shape index (κ2) is 7.50. The van der Waals surface area contributed by atoms with Crippen molar-refractivity contribution in [1.29, 1.82) is 0 Å². The lowest BCUT2D eigenvalue weighted by molar-refractivity contribution is 0.315. The predicted octanol–water partition coefficient (Wildman–Crippen LogP) is 3.20. The van der Waals surface area contributed by atoms with Crippen LogP contribution < -0.4 is 15.8 Å². The highest BCUT2D eigenvalue weighted by Gasteiger charge is 2.02. The van der Waals surface area contributed by atoms with Crippen LogP contribution in [0.5, 0.6) is 5.75 Å². The number of rotatable bonds is 7. The van der Waals surface area contributed by atoms with Crippen LogP contribution in [0.15, 0.2) is 54.6 Å². The van der Waals surface area contributed by atoms with Gasteiger partial charge < -0.3 is 15.8 Å². The largest absolute Gasteiger partial charge is 0.494 e. The molecule has 0 saturated heterocycles. The molecule has 0 fully saturated rings. The molecule has 0 spiro atoms. The minimum atomic E-state index is 0.411. The van der Waals surface area contributed by atoms with Crippen molar-refractivity contribution in [3.05, 3.63) is 60.2 Å². The van der Waals surface area contributed by atoms with Crippen LogP contribution >= 0.6 is 12.2 Å². The van der Waals surface area contributed by atoms with E-state index in [1.165, 1.54) is 0 Å². The number of anilines is 1. The van der Waals surface area contributed by atoms with Crippen LogP contribution in [-0.4, -0.2) is 18.1 Å². The maximum absolute atomic E-state index is 5.69. The third-order valence-corrected chi connectivity index (χ3v) is 3.06. The van der Waals surface area contributed by atoms with E-state index in [9.17, 15) is 0 Å². The van der Waals surface area contributed by atoms with E-state index in [2.05, 4.69) is 5.32 Å². The van der Waals surface area contributed by atoms with Crippen LogP contribution in [-0.2, 0) is 0 Å². The minimum Gasteiger partial charge on any atom is -0.494 e. The van der Waals surface area contributed by atoms with Gasteiger partial charge in [-0.15, -0.1) is 0 Å². The Morgan fingerprint density at radius 2 is 1.75 bits per heavy atom. The lowest BCUT2D eigenvalue weighted by atomic mass is 10.2. The molecule has 3 nitrogen and oxygen atoms in total. The molecule has 2 aromatic carbocycles. The fourth-order valence-corrected chi connectivity index (χ4v) is 2.03. The van der Waals surface area contributed by atoms with E-state index in [0.717, 1.165) is 30.0 Å². The molecule has 3 N–H and O–H groups in total. The fourth-order valence-electron chi connectivity index (χ4n) is 1.85. The van der Waals surface area contributed by atoms with Crippen LogP contribution in [0.25, 0.3) is 0 Å². The minimum absolute atomic E-state index is 0.411. The highest BCUT2D eigenvalue weighted by Crippen LogP contribution is 2.14. The molecule has 0 radical (unpaired) electrons. The molecule has 0 aliphatic rings. The molecule has 0 saturated carbocycles.